The van der Waals surface area contributed by atoms with E-state index in [0.717, 1.165) is 25.8 Å². The highest BCUT2D eigenvalue weighted by Gasteiger charge is 2.37. The Balaban J connectivity index is 1.79. The van der Waals surface area contributed by atoms with Crippen molar-refractivity contribution in [3.8, 4) is 11.5 Å². The fourth-order valence-corrected chi connectivity index (χ4v) is 5.64. The van der Waals surface area contributed by atoms with Crippen LogP contribution in [0.4, 0.5) is 0 Å². The Morgan fingerprint density at radius 3 is 2.62 bits per heavy atom. The Hall–Kier alpha value is -1.52. The molecule has 0 spiro atoms. The van der Waals surface area contributed by atoms with E-state index in [1.165, 1.54) is 26.4 Å². The maximum Gasteiger partial charge on any atom is 0.157 e. The molecular formula is C20H25NO2S. The second kappa shape index (κ2) is 5.50. The molecule has 1 aromatic carbocycles. The third-order valence-corrected chi connectivity index (χ3v) is 6.31. The van der Waals surface area contributed by atoms with Crippen molar-refractivity contribution in [1.82, 2.24) is 5.32 Å². The van der Waals surface area contributed by atoms with E-state index in [4.69, 9.17) is 0 Å². The van der Waals surface area contributed by atoms with Gasteiger partial charge in [0.15, 0.2) is 11.5 Å². The maximum absolute atomic E-state index is 10.0. The molecule has 4 heteroatoms. The van der Waals surface area contributed by atoms with Gasteiger partial charge < -0.3 is 15.5 Å². The molecule has 1 aliphatic carbocycles. The van der Waals surface area contributed by atoms with Crippen molar-refractivity contribution in [1.29, 1.82) is 0 Å². The molecule has 24 heavy (non-hydrogen) atoms. The van der Waals surface area contributed by atoms with Crippen LogP contribution in [0.2, 0.25) is 0 Å². The number of aryl methyl sites for hydroxylation is 1. The molecule has 1 aromatic heterocycles. The molecule has 0 fully saturated rings. The Morgan fingerprint density at radius 2 is 1.88 bits per heavy atom. The lowest BCUT2D eigenvalue weighted by atomic mass is 9.73. The van der Waals surface area contributed by atoms with E-state index in [9.17, 15) is 10.2 Å². The quantitative estimate of drug-likeness (QED) is 0.677. The van der Waals surface area contributed by atoms with Gasteiger partial charge in [-0.15, -0.1) is 11.3 Å². The van der Waals surface area contributed by atoms with Gasteiger partial charge in [0.25, 0.3) is 0 Å². The van der Waals surface area contributed by atoms with Crippen LogP contribution in [0.15, 0.2) is 18.2 Å². The van der Waals surface area contributed by atoms with E-state index in [1.54, 1.807) is 12.1 Å². The van der Waals surface area contributed by atoms with Gasteiger partial charge in [-0.1, -0.05) is 20.8 Å². The number of phenolic OH excluding ortho intramolecular Hbond substituents is 2. The zero-order chi connectivity index (χ0) is 17.1. The van der Waals surface area contributed by atoms with Gasteiger partial charge >= 0.3 is 0 Å². The molecule has 2 aliphatic rings. The molecule has 3 N–H and O–H groups in total. The fourth-order valence-electron chi connectivity index (χ4n) is 4.18. The van der Waals surface area contributed by atoms with Crippen LogP contribution in [0.25, 0.3) is 0 Å². The third-order valence-electron chi connectivity index (χ3n) is 5.16. The number of phenols is 2. The topological polar surface area (TPSA) is 52.5 Å². The van der Waals surface area contributed by atoms with E-state index in [-0.39, 0.29) is 22.8 Å². The van der Waals surface area contributed by atoms with Crippen LogP contribution in [0.3, 0.4) is 0 Å². The zero-order valence-electron chi connectivity index (χ0n) is 14.5. The van der Waals surface area contributed by atoms with Gasteiger partial charge in [0.05, 0.1) is 0 Å². The van der Waals surface area contributed by atoms with E-state index >= 15 is 0 Å². The van der Waals surface area contributed by atoms with Gasteiger partial charge in [-0.3, -0.25) is 0 Å². The first-order chi connectivity index (χ1) is 11.3. The van der Waals surface area contributed by atoms with Gasteiger partial charge in [0, 0.05) is 28.3 Å². The van der Waals surface area contributed by atoms with E-state index in [0.29, 0.717) is 6.04 Å². The summed E-state index contributed by atoms with van der Waals surface area (Å²) in [5, 5.41) is 23.5. The highest BCUT2D eigenvalue weighted by Crippen LogP contribution is 2.46. The Bertz CT molecular complexity index is 788. The minimum absolute atomic E-state index is 0.00469. The van der Waals surface area contributed by atoms with E-state index in [2.05, 4.69) is 32.2 Å². The number of hydrogen-bond donors (Lipinski definition) is 3. The molecule has 1 aliphatic heterocycles. The van der Waals surface area contributed by atoms with Crippen LogP contribution in [-0.2, 0) is 19.4 Å². The second-order valence-corrected chi connectivity index (χ2v) is 9.59. The van der Waals surface area contributed by atoms with Crippen LogP contribution >= 0.6 is 11.3 Å². The standard InChI is InChI=1S/C20H25NO2S/c1-20(2,3)9-12-7-14-18(24-12)10-21-15-5-4-11-6-16(22)17(23)8-13(11)19(14)15/h6-8,15,19,21-23H,4-5,9-10H2,1-3H3/t15-,19+/m0/s1. The predicted molar refractivity (Wildman–Crippen MR) is 98.0 cm³/mol. The third kappa shape index (κ3) is 2.72. The summed E-state index contributed by atoms with van der Waals surface area (Å²) in [6.07, 6.45) is 3.12. The van der Waals surface area contributed by atoms with Crippen molar-refractivity contribution >= 4 is 11.3 Å². The average Bonchev–Trinajstić information content (AvgIpc) is 2.88. The number of aromatic hydroxyl groups is 2. The van der Waals surface area contributed by atoms with Gasteiger partial charge in [0.1, 0.15) is 0 Å². The normalized spacial score (nSPS) is 22.6. The lowest BCUT2D eigenvalue weighted by Gasteiger charge is -2.38. The first-order valence-electron chi connectivity index (χ1n) is 8.71. The summed E-state index contributed by atoms with van der Waals surface area (Å²) < 4.78 is 0. The largest absolute Gasteiger partial charge is 0.504 e. The molecule has 0 amide bonds. The summed E-state index contributed by atoms with van der Waals surface area (Å²) in [6, 6.07) is 6.34. The van der Waals surface area contributed by atoms with Crippen LogP contribution < -0.4 is 5.32 Å². The Labute approximate surface area is 147 Å². The van der Waals surface area contributed by atoms with Crippen molar-refractivity contribution in [2.45, 2.75) is 58.5 Å². The molecule has 2 aromatic rings. The SMILES string of the molecule is CC(C)(C)Cc1cc2c(s1)CN[C@H]1CCc3cc(O)c(O)cc3[C@H]21. The minimum Gasteiger partial charge on any atom is -0.504 e. The molecule has 0 saturated heterocycles. The monoisotopic (exact) mass is 343 g/mol. The molecule has 0 radical (unpaired) electrons. The van der Waals surface area contributed by atoms with Crippen molar-refractivity contribution in [3.05, 3.63) is 44.6 Å². The van der Waals surface area contributed by atoms with Crippen molar-refractivity contribution in [3.63, 3.8) is 0 Å². The molecule has 2 heterocycles. The van der Waals surface area contributed by atoms with Gasteiger partial charge in [-0.25, -0.2) is 0 Å². The van der Waals surface area contributed by atoms with Crippen molar-refractivity contribution in [2.24, 2.45) is 5.41 Å². The van der Waals surface area contributed by atoms with Gasteiger partial charge in [0.2, 0.25) is 0 Å². The fraction of sp³-hybridized carbons (Fsp3) is 0.500. The summed E-state index contributed by atoms with van der Waals surface area (Å²) in [5.74, 6) is 0.274. The van der Waals surface area contributed by atoms with Gasteiger partial charge in [-0.2, -0.15) is 0 Å². The summed E-state index contributed by atoms with van der Waals surface area (Å²) in [4.78, 5) is 2.88. The molecular weight excluding hydrogens is 318 g/mol. The predicted octanol–water partition coefficient (Wildman–Crippen LogP) is 4.30. The highest BCUT2D eigenvalue weighted by atomic mass is 32.1. The van der Waals surface area contributed by atoms with Crippen LogP contribution in [0.5, 0.6) is 11.5 Å². The Kier molecular flexibility index (Phi) is 3.66. The summed E-state index contributed by atoms with van der Waals surface area (Å²) in [7, 11) is 0. The molecule has 2 atom stereocenters. The Morgan fingerprint density at radius 1 is 1.12 bits per heavy atom. The lowest BCUT2D eigenvalue weighted by Crippen LogP contribution is -2.41. The number of benzene rings is 1. The number of fused-ring (bicyclic) bond motifs is 5. The molecule has 3 nitrogen and oxygen atoms in total. The molecule has 0 saturated carbocycles. The van der Waals surface area contributed by atoms with E-state index in [1.807, 2.05) is 11.3 Å². The summed E-state index contributed by atoms with van der Waals surface area (Å²) in [6.45, 7) is 7.79. The molecule has 4 rings (SSSR count). The minimum atomic E-state index is -0.00771. The smallest absolute Gasteiger partial charge is 0.157 e. The van der Waals surface area contributed by atoms with Crippen LogP contribution in [0.1, 0.15) is 59.6 Å². The zero-order valence-corrected chi connectivity index (χ0v) is 15.3. The van der Waals surface area contributed by atoms with Gasteiger partial charge in [-0.05, 0) is 59.6 Å². The summed E-state index contributed by atoms with van der Waals surface area (Å²) >= 11 is 1.93. The second-order valence-electron chi connectivity index (χ2n) is 8.37. The van der Waals surface area contributed by atoms with Crippen molar-refractivity contribution < 1.29 is 10.2 Å². The number of nitrogens with one attached hydrogen (secondary N) is 1. The lowest BCUT2D eigenvalue weighted by molar-refractivity contribution is 0.382. The number of hydrogen-bond acceptors (Lipinski definition) is 4. The summed E-state index contributed by atoms with van der Waals surface area (Å²) in [5.41, 5.74) is 4.06. The maximum atomic E-state index is 10.0. The first-order valence-corrected chi connectivity index (χ1v) is 9.53. The first kappa shape index (κ1) is 16.0. The number of thiophene rings is 1. The molecule has 128 valence electrons. The molecule has 0 bridgehead atoms. The molecule has 0 unspecified atom stereocenters. The van der Waals surface area contributed by atoms with Crippen LogP contribution in [0, 0.1) is 5.41 Å². The highest BCUT2D eigenvalue weighted by molar-refractivity contribution is 7.12. The van der Waals surface area contributed by atoms with Crippen molar-refractivity contribution in [2.75, 3.05) is 0 Å². The average molecular weight is 343 g/mol. The van der Waals surface area contributed by atoms with E-state index < -0.39 is 0 Å². The number of rotatable bonds is 1. The van der Waals surface area contributed by atoms with Crippen LogP contribution in [-0.4, -0.2) is 16.3 Å².